The molecule has 1 unspecified atom stereocenters. The minimum absolute atomic E-state index is 0.292. The third-order valence-corrected chi connectivity index (χ3v) is 5.03. The summed E-state index contributed by atoms with van der Waals surface area (Å²) in [5.41, 5.74) is 1.83. The molecule has 98 valence electrons. The standard InChI is InChI=1S/C17H25N/c1-3-9-15(10-4-1)17(13-7-8-14-18-17)16-11-5-2-6-12-16/h1,3-4,9-10,16,18H,2,5-8,11-14H2. The number of nitrogens with one attached hydrogen (secondary N) is 1. The highest BCUT2D eigenvalue weighted by Crippen LogP contribution is 2.43. The molecular weight excluding hydrogens is 218 g/mol. The van der Waals surface area contributed by atoms with Gasteiger partial charge < -0.3 is 5.32 Å². The van der Waals surface area contributed by atoms with Crippen LogP contribution in [0, 0.1) is 5.92 Å². The van der Waals surface area contributed by atoms with E-state index in [1.807, 2.05) is 0 Å². The van der Waals surface area contributed by atoms with E-state index in [4.69, 9.17) is 0 Å². The summed E-state index contributed by atoms with van der Waals surface area (Å²) >= 11 is 0. The molecule has 0 radical (unpaired) electrons. The van der Waals surface area contributed by atoms with E-state index < -0.39 is 0 Å². The molecule has 0 amide bonds. The lowest BCUT2D eigenvalue weighted by atomic mass is 9.67. The third-order valence-electron chi connectivity index (χ3n) is 5.03. The first-order valence-electron chi connectivity index (χ1n) is 7.72. The quantitative estimate of drug-likeness (QED) is 0.819. The van der Waals surface area contributed by atoms with E-state index in [9.17, 15) is 0 Å². The Balaban J connectivity index is 1.92. The Bertz CT molecular complexity index is 358. The van der Waals surface area contributed by atoms with Gasteiger partial charge in [0.2, 0.25) is 0 Å². The molecule has 1 nitrogen and oxygen atoms in total. The van der Waals surface area contributed by atoms with Crippen molar-refractivity contribution in [2.75, 3.05) is 6.54 Å². The molecule has 1 atom stereocenters. The van der Waals surface area contributed by atoms with E-state index in [2.05, 4.69) is 35.6 Å². The van der Waals surface area contributed by atoms with Gasteiger partial charge in [-0.1, -0.05) is 49.6 Å². The molecule has 1 aliphatic heterocycles. The first kappa shape index (κ1) is 12.2. The minimum atomic E-state index is 0.292. The largest absolute Gasteiger partial charge is 0.307 e. The van der Waals surface area contributed by atoms with Gasteiger partial charge in [0.15, 0.2) is 0 Å². The van der Waals surface area contributed by atoms with Gasteiger partial charge in [-0.25, -0.2) is 0 Å². The van der Waals surface area contributed by atoms with Crippen LogP contribution >= 0.6 is 0 Å². The highest BCUT2D eigenvalue weighted by atomic mass is 15.0. The Kier molecular flexibility index (Phi) is 3.69. The van der Waals surface area contributed by atoms with Gasteiger partial charge in [-0.15, -0.1) is 0 Å². The van der Waals surface area contributed by atoms with Crippen LogP contribution in [0.25, 0.3) is 0 Å². The zero-order chi connectivity index (χ0) is 12.3. The number of rotatable bonds is 2. The van der Waals surface area contributed by atoms with E-state index in [0.29, 0.717) is 5.54 Å². The van der Waals surface area contributed by atoms with Crippen LogP contribution in [0.2, 0.25) is 0 Å². The zero-order valence-electron chi connectivity index (χ0n) is 11.3. The number of piperidine rings is 1. The summed E-state index contributed by atoms with van der Waals surface area (Å²) in [4.78, 5) is 0. The molecule has 1 saturated carbocycles. The molecule has 18 heavy (non-hydrogen) atoms. The Morgan fingerprint density at radius 2 is 1.67 bits per heavy atom. The van der Waals surface area contributed by atoms with Crippen molar-refractivity contribution in [3.8, 4) is 0 Å². The van der Waals surface area contributed by atoms with Crippen molar-refractivity contribution < 1.29 is 0 Å². The molecule has 1 aliphatic carbocycles. The van der Waals surface area contributed by atoms with Crippen LogP contribution in [0.3, 0.4) is 0 Å². The fourth-order valence-corrected chi connectivity index (χ4v) is 4.09. The van der Waals surface area contributed by atoms with E-state index in [1.165, 1.54) is 63.5 Å². The van der Waals surface area contributed by atoms with Crippen LogP contribution in [0.5, 0.6) is 0 Å². The molecule has 2 fully saturated rings. The van der Waals surface area contributed by atoms with Crippen LogP contribution in [-0.4, -0.2) is 6.54 Å². The first-order chi connectivity index (χ1) is 8.92. The highest BCUT2D eigenvalue weighted by molar-refractivity contribution is 5.26. The van der Waals surface area contributed by atoms with Crippen molar-refractivity contribution in [3.63, 3.8) is 0 Å². The average molecular weight is 243 g/mol. The summed E-state index contributed by atoms with van der Waals surface area (Å²) in [6.45, 7) is 1.20. The van der Waals surface area contributed by atoms with Crippen LogP contribution in [0.15, 0.2) is 30.3 Å². The van der Waals surface area contributed by atoms with E-state index in [-0.39, 0.29) is 0 Å². The van der Waals surface area contributed by atoms with E-state index in [1.54, 1.807) is 0 Å². The Morgan fingerprint density at radius 1 is 0.889 bits per heavy atom. The maximum Gasteiger partial charge on any atom is 0.0463 e. The van der Waals surface area contributed by atoms with Crippen molar-refractivity contribution in [2.24, 2.45) is 5.92 Å². The molecule has 1 aromatic rings. The number of hydrogen-bond acceptors (Lipinski definition) is 1. The van der Waals surface area contributed by atoms with Gasteiger partial charge in [0, 0.05) is 5.54 Å². The molecular formula is C17H25N. The van der Waals surface area contributed by atoms with Gasteiger partial charge in [0.25, 0.3) is 0 Å². The molecule has 3 rings (SSSR count). The Morgan fingerprint density at radius 3 is 2.33 bits per heavy atom. The summed E-state index contributed by atoms with van der Waals surface area (Å²) in [5, 5.41) is 3.92. The zero-order valence-corrected chi connectivity index (χ0v) is 11.3. The van der Waals surface area contributed by atoms with Crippen molar-refractivity contribution in [2.45, 2.75) is 56.9 Å². The molecule has 2 aliphatic rings. The van der Waals surface area contributed by atoms with Gasteiger partial charge in [-0.2, -0.15) is 0 Å². The second-order valence-electron chi connectivity index (χ2n) is 6.06. The predicted molar refractivity (Wildman–Crippen MR) is 76.5 cm³/mol. The minimum Gasteiger partial charge on any atom is -0.307 e. The Hall–Kier alpha value is -0.820. The maximum atomic E-state index is 3.92. The second kappa shape index (κ2) is 5.44. The molecule has 1 saturated heterocycles. The van der Waals surface area contributed by atoms with Gasteiger partial charge in [-0.3, -0.25) is 0 Å². The summed E-state index contributed by atoms with van der Waals surface area (Å²) in [6.07, 6.45) is 11.2. The topological polar surface area (TPSA) is 12.0 Å². The molecule has 0 spiro atoms. The highest BCUT2D eigenvalue weighted by Gasteiger charge is 2.41. The molecule has 1 heterocycles. The SMILES string of the molecule is c1ccc(C2(C3CCCCC3)CCCCN2)cc1. The van der Waals surface area contributed by atoms with Crippen LogP contribution < -0.4 is 5.32 Å². The third kappa shape index (κ3) is 2.21. The lowest BCUT2D eigenvalue weighted by Crippen LogP contribution is -2.51. The first-order valence-corrected chi connectivity index (χ1v) is 7.72. The smallest absolute Gasteiger partial charge is 0.0463 e. The van der Waals surface area contributed by atoms with Crippen LogP contribution in [0.1, 0.15) is 56.9 Å². The van der Waals surface area contributed by atoms with Crippen molar-refractivity contribution in [3.05, 3.63) is 35.9 Å². The summed E-state index contributed by atoms with van der Waals surface area (Å²) in [6, 6.07) is 11.2. The average Bonchev–Trinajstić information content (AvgIpc) is 2.50. The summed E-state index contributed by atoms with van der Waals surface area (Å²) in [5.74, 6) is 0.856. The van der Waals surface area contributed by atoms with Crippen LogP contribution in [0.4, 0.5) is 0 Å². The fraction of sp³-hybridized carbons (Fsp3) is 0.647. The molecule has 0 aromatic heterocycles. The van der Waals surface area contributed by atoms with Gasteiger partial charge >= 0.3 is 0 Å². The Labute approximate surface area is 111 Å². The lowest BCUT2D eigenvalue weighted by Gasteiger charge is -2.46. The van der Waals surface area contributed by atoms with Gasteiger partial charge in [-0.05, 0) is 50.1 Å². The number of hydrogen-bond donors (Lipinski definition) is 1. The van der Waals surface area contributed by atoms with Crippen molar-refractivity contribution >= 4 is 0 Å². The number of benzene rings is 1. The lowest BCUT2D eigenvalue weighted by molar-refractivity contribution is 0.124. The van der Waals surface area contributed by atoms with Crippen molar-refractivity contribution in [1.29, 1.82) is 0 Å². The molecule has 1 N–H and O–H groups in total. The monoisotopic (exact) mass is 243 g/mol. The second-order valence-corrected chi connectivity index (χ2v) is 6.06. The van der Waals surface area contributed by atoms with E-state index in [0.717, 1.165) is 5.92 Å². The summed E-state index contributed by atoms with van der Waals surface area (Å²) < 4.78 is 0. The maximum absolute atomic E-state index is 3.92. The van der Waals surface area contributed by atoms with Gasteiger partial charge in [0.1, 0.15) is 0 Å². The molecule has 1 heteroatoms. The normalized spacial score (nSPS) is 30.2. The van der Waals surface area contributed by atoms with Gasteiger partial charge in [0.05, 0.1) is 0 Å². The van der Waals surface area contributed by atoms with E-state index >= 15 is 0 Å². The van der Waals surface area contributed by atoms with Crippen LogP contribution in [-0.2, 0) is 5.54 Å². The summed E-state index contributed by atoms with van der Waals surface area (Å²) in [7, 11) is 0. The molecule has 0 bridgehead atoms. The predicted octanol–water partition coefficient (Wildman–Crippen LogP) is 4.24. The van der Waals surface area contributed by atoms with Crippen molar-refractivity contribution in [1.82, 2.24) is 5.32 Å². The molecule has 1 aromatic carbocycles. The fourth-order valence-electron chi connectivity index (χ4n) is 4.09.